The molecule has 1 aromatic heterocycles. The summed E-state index contributed by atoms with van der Waals surface area (Å²) in [5.74, 6) is 0.119. The smallest absolute Gasteiger partial charge is 0.272 e. The molecule has 1 saturated heterocycles. The molecule has 2 aromatic rings. The van der Waals surface area contributed by atoms with Gasteiger partial charge in [-0.25, -0.2) is 8.42 Å². The maximum Gasteiger partial charge on any atom is 0.272 e. The van der Waals surface area contributed by atoms with Crippen LogP contribution >= 0.6 is 0 Å². The summed E-state index contributed by atoms with van der Waals surface area (Å²) in [6.45, 7) is 2.33. The lowest BCUT2D eigenvalue weighted by molar-refractivity contribution is 0.0945. The monoisotopic (exact) mass is 307 g/mol. The molecule has 1 amide bonds. The fourth-order valence-electron chi connectivity index (χ4n) is 2.65. The van der Waals surface area contributed by atoms with Crippen molar-refractivity contribution in [3.63, 3.8) is 0 Å². The SMILES string of the molecule is Cc1ccc2[nH]nc(C(=O)NCC3CCS(=O)(=O)C3)c2c1. The molecule has 3 rings (SSSR count). The molecular formula is C14H17N3O3S. The van der Waals surface area contributed by atoms with E-state index in [9.17, 15) is 13.2 Å². The van der Waals surface area contributed by atoms with Crippen LogP contribution in [0, 0.1) is 12.8 Å². The second kappa shape index (κ2) is 5.14. The molecule has 0 saturated carbocycles. The average molecular weight is 307 g/mol. The van der Waals surface area contributed by atoms with Gasteiger partial charge in [-0.2, -0.15) is 5.10 Å². The molecule has 1 unspecified atom stereocenters. The van der Waals surface area contributed by atoms with E-state index in [-0.39, 0.29) is 23.3 Å². The second-order valence-corrected chi connectivity index (χ2v) is 7.83. The molecule has 2 heterocycles. The zero-order chi connectivity index (χ0) is 15.0. The molecule has 1 aliphatic heterocycles. The number of aromatic amines is 1. The summed E-state index contributed by atoms with van der Waals surface area (Å²) < 4.78 is 22.8. The number of H-pyrrole nitrogens is 1. The maximum atomic E-state index is 12.2. The molecular weight excluding hydrogens is 290 g/mol. The first-order valence-electron chi connectivity index (χ1n) is 6.88. The summed E-state index contributed by atoms with van der Waals surface area (Å²) in [5.41, 5.74) is 2.23. The molecule has 1 aliphatic rings. The Morgan fingerprint density at radius 3 is 3.00 bits per heavy atom. The van der Waals surface area contributed by atoms with Crippen LogP contribution in [-0.4, -0.2) is 42.6 Å². The van der Waals surface area contributed by atoms with E-state index in [4.69, 9.17) is 0 Å². The van der Waals surface area contributed by atoms with Crippen molar-refractivity contribution in [1.82, 2.24) is 15.5 Å². The van der Waals surface area contributed by atoms with Crippen LogP contribution < -0.4 is 5.32 Å². The third-order valence-corrected chi connectivity index (χ3v) is 5.65. The number of rotatable bonds is 3. The topological polar surface area (TPSA) is 91.9 Å². The molecule has 21 heavy (non-hydrogen) atoms. The van der Waals surface area contributed by atoms with Gasteiger partial charge in [-0.1, -0.05) is 11.6 Å². The summed E-state index contributed by atoms with van der Waals surface area (Å²) in [6.07, 6.45) is 0.614. The third-order valence-electron chi connectivity index (χ3n) is 3.81. The molecule has 6 nitrogen and oxygen atoms in total. The van der Waals surface area contributed by atoms with Crippen LogP contribution in [0.1, 0.15) is 22.5 Å². The highest BCUT2D eigenvalue weighted by Gasteiger charge is 2.28. The van der Waals surface area contributed by atoms with Gasteiger partial charge >= 0.3 is 0 Å². The highest BCUT2D eigenvalue weighted by Crippen LogP contribution is 2.19. The van der Waals surface area contributed by atoms with E-state index >= 15 is 0 Å². The number of fused-ring (bicyclic) bond motifs is 1. The number of nitrogens with zero attached hydrogens (tertiary/aromatic N) is 1. The normalized spacial score (nSPS) is 20.7. The number of nitrogens with one attached hydrogen (secondary N) is 2. The van der Waals surface area contributed by atoms with Crippen molar-refractivity contribution in [2.75, 3.05) is 18.1 Å². The van der Waals surface area contributed by atoms with Crippen molar-refractivity contribution in [2.45, 2.75) is 13.3 Å². The van der Waals surface area contributed by atoms with Crippen molar-refractivity contribution in [3.8, 4) is 0 Å². The van der Waals surface area contributed by atoms with Crippen molar-refractivity contribution in [3.05, 3.63) is 29.5 Å². The van der Waals surface area contributed by atoms with Crippen molar-refractivity contribution in [1.29, 1.82) is 0 Å². The Morgan fingerprint density at radius 2 is 2.29 bits per heavy atom. The molecule has 0 bridgehead atoms. The highest BCUT2D eigenvalue weighted by molar-refractivity contribution is 7.91. The molecule has 0 spiro atoms. The summed E-state index contributed by atoms with van der Waals surface area (Å²) in [4.78, 5) is 12.2. The molecule has 2 N–H and O–H groups in total. The minimum atomic E-state index is -2.91. The molecule has 0 aliphatic carbocycles. The van der Waals surface area contributed by atoms with E-state index in [2.05, 4.69) is 15.5 Å². The second-order valence-electron chi connectivity index (χ2n) is 5.60. The van der Waals surface area contributed by atoms with Gasteiger partial charge in [0, 0.05) is 11.9 Å². The number of carbonyl (C=O) groups is 1. The van der Waals surface area contributed by atoms with Crippen LogP contribution in [0.5, 0.6) is 0 Å². The van der Waals surface area contributed by atoms with Crippen molar-refractivity contribution in [2.24, 2.45) is 5.92 Å². The Bertz CT molecular complexity index is 795. The molecule has 112 valence electrons. The van der Waals surface area contributed by atoms with Gasteiger partial charge in [-0.3, -0.25) is 9.89 Å². The van der Waals surface area contributed by atoms with Crippen molar-refractivity contribution >= 4 is 26.6 Å². The summed E-state index contributed by atoms with van der Waals surface area (Å²) in [7, 11) is -2.91. The highest BCUT2D eigenvalue weighted by atomic mass is 32.2. The van der Waals surface area contributed by atoms with Gasteiger partial charge in [-0.05, 0) is 31.4 Å². The van der Waals surface area contributed by atoms with Crippen LogP contribution in [-0.2, 0) is 9.84 Å². The van der Waals surface area contributed by atoms with E-state index in [1.165, 1.54) is 0 Å². The van der Waals surface area contributed by atoms with Crippen LogP contribution in [0.4, 0.5) is 0 Å². The number of benzene rings is 1. The lowest BCUT2D eigenvalue weighted by Gasteiger charge is -2.08. The van der Waals surface area contributed by atoms with E-state index in [1.54, 1.807) is 0 Å². The summed E-state index contributed by atoms with van der Waals surface area (Å²) in [5, 5.41) is 10.5. The van der Waals surface area contributed by atoms with Crippen LogP contribution in [0.2, 0.25) is 0 Å². The molecule has 1 aromatic carbocycles. The van der Waals surface area contributed by atoms with Crippen LogP contribution in [0.25, 0.3) is 10.9 Å². The Hall–Kier alpha value is -1.89. The molecule has 0 radical (unpaired) electrons. The van der Waals surface area contributed by atoms with Gasteiger partial charge in [0.05, 0.1) is 17.0 Å². The van der Waals surface area contributed by atoms with Gasteiger partial charge in [0.15, 0.2) is 15.5 Å². The van der Waals surface area contributed by atoms with Gasteiger partial charge in [0.1, 0.15) is 0 Å². The van der Waals surface area contributed by atoms with Crippen LogP contribution in [0.3, 0.4) is 0 Å². The minimum absolute atomic E-state index is 0.00546. The number of aromatic nitrogens is 2. The Morgan fingerprint density at radius 1 is 1.48 bits per heavy atom. The summed E-state index contributed by atoms with van der Waals surface area (Å²) in [6, 6.07) is 5.75. The summed E-state index contributed by atoms with van der Waals surface area (Å²) >= 11 is 0. The third kappa shape index (κ3) is 2.92. The van der Waals surface area contributed by atoms with E-state index in [0.29, 0.717) is 18.7 Å². The van der Waals surface area contributed by atoms with Crippen molar-refractivity contribution < 1.29 is 13.2 Å². The zero-order valence-corrected chi connectivity index (χ0v) is 12.5. The van der Waals surface area contributed by atoms with Gasteiger partial charge in [0.25, 0.3) is 5.91 Å². The maximum absolute atomic E-state index is 12.2. The first-order chi connectivity index (χ1) is 9.94. The molecule has 1 atom stereocenters. The Kier molecular flexibility index (Phi) is 3.44. The van der Waals surface area contributed by atoms with Gasteiger partial charge in [-0.15, -0.1) is 0 Å². The first-order valence-corrected chi connectivity index (χ1v) is 8.70. The predicted molar refractivity (Wildman–Crippen MR) is 79.9 cm³/mol. The van der Waals surface area contributed by atoms with E-state index in [0.717, 1.165) is 16.5 Å². The average Bonchev–Trinajstić information content (AvgIpc) is 2.99. The molecule has 7 heteroatoms. The number of amides is 1. The van der Waals surface area contributed by atoms with Crippen LogP contribution in [0.15, 0.2) is 18.2 Å². The fourth-order valence-corrected chi connectivity index (χ4v) is 4.52. The number of carbonyl (C=O) groups excluding carboxylic acids is 1. The number of aryl methyl sites for hydroxylation is 1. The Balaban J connectivity index is 1.71. The minimum Gasteiger partial charge on any atom is -0.350 e. The van der Waals surface area contributed by atoms with Gasteiger partial charge in [0.2, 0.25) is 0 Å². The van der Waals surface area contributed by atoms with Gasteiger partial charge < -0.3 is 5.32 Å². The predicted octanol–water partition coefficient (Wildman–Crippen LogP) is 1.04. The lowest BCUT2D eigenvalue weighted by atomic mass is 10.1. The molecule has 1 fully saturated rings. The number of sulfone groups is 1. The standard InChI is InChI=1S/C14H17N3O3S/c1-9-2-3-12-11(6-9)13(17-16-12)14(18)15-7-10-4-5-21(19,20)8-10/h2-3,6,10H,4-5,7-8H2,1H3,(H,15,18)(H,16,17). The largest absolute Gasteiger partial charge is 0.350 e. The Labute approximate surface area is 122 Å². The number of hydrogen-bond acceptors (Lipinski definition) is 4. The fraction of sp³-hybridized carbons (Fsp3) is 0.429. The van der Waals surface area contributed by atoms with E-state index in [1.807, 2.05) is 25.1 Å². The zero-order valence-electron chi connectivity index (χ0n) is 11.7. The lowest BCUT2D eigenvalue weighted by Crippen LogP contribution is -2.30. The van der Waals surface area contributed by atoms with E-state index < -0.39 is 9.84 Å². The number of hydrogen-bond donors (Lipinski definition) is 2. The quantitative estimate of drug-likeness (QED) is 0.886. The first kappa shape index (κ1) is 14.1.